The zero-order valence-corrected chi connectivity index (χ0v) is 15.0. The largest absolute Gasteiger partial charge is 0.341 e. The number of amides is 1. The quantitative estimate of drug-likeness (QED) is 0.656. The monoisotopic (exact) mass is 379 g/mol. The molecule has 2 nitrogen and oxygen atoms in total. The Balaban J connectivity index is 1.99. The van der Waals surface area contributed by atoms with Crippen LogP contribution in [0.15, 0.2) is 83.3 Å². The summed E-state index contributed by atoms with van der Waals surface area (Å²) in [6.45, 7) is 1.95. The van der Waals surface area contributed by atoms with E-state index in [1.54, 1.807) is 0 Å². The van der Waals surface area contributed by atoms with Crippen molar-refractivity contribution in [3.05, 3.63) is 106 Å². The van der Waals surface area contributed by atoms with Gasteiger partial charge in [-0.25, -0.2) is 0 Å². The second kappa shape index (κ2) is 7.45. The van der Waals surface area contributed by atoms with Crippen molar-refractivity contribution in [1.29, 1.82) is 0 Å². The van der Waals surface area contributed by atoms with Gasteiger partial charge in [-0.1, -0.05) is 82.7 Å². The summed E-state index contributed by atoms with van der Waals surface area (Å²) < 4.78 is 0.976. The van der Waals surface area contributed by atoms with Gasteiger partial charge in [0.25, 0.3) is 5.91 Å². The van der Waals surface area contributed by atoms with E-state index >= 15 is 0 Å². The Morgan fingerprint density at radius 2 is 1.50 bits per heavy atom. The fourth-order valence-corrected chi connectivity index (χ4v) is 3.25. The van der Waals surface area contributed by atoms with Crippen molar-refractivity contribution in [1.82, 2.24) is 5.32 Å². The smallest absolute Gasteiger partial charge is 0.252 e. The average Bonchev–Trinajstić information content (AvgIpc) is 2.61. The van der Waals surface area contributed by atoms with Crippen LogP contribution < -0.4 is 5.32 Å². The van der Waals surface area contributed by atoms with Gasteiger partial charge in [0, 0.05) is 10.0 Å². The first kappa shape index (κ1) is 16.5. The van der Waals surface area contributed by atoms with Gasteiger partial charge in [0.15, 0.2) is 0 Å². The number of benzene rings is 3. The highest BCUT2D eigenvalue weighted by Gasteiger charge is 2.20. The van der Waals surface area contributed by atoms with Crippen molar-refractivity contribution in [2.24, 2.45) is 0 Å². The van der Waals surface area contributed by atoms with Gasteiger partial charge >= 0.3 is 0 Å². The van der Waals surface area contributed by atoms with Crippen LogP contribution in [0.25, 0.3) is 0 Å². The van der Waals surface area contributed by atoms with Gasteiger partial charge in [0.05, 0.1) is 6.04 Å². The molecule has 0 fully saturated rings. The van der Waals surface area contributed by atoms with Gasteiger partial charge in [0.1, 0.15) is 0 Å². The maximum absolute atomic E-state index is 12.8. The Labute approximate surface area is 150 Å². The molecule has 0 bridgehead atoms. The molecule has 0 aliphatic heterocycles. The summed E-state index contributed by atoms with van der Waals surface area (Å²) >= 11 is 3.60. The van der Waals surface area contributed by atoms with Gasteiger partial charge < -0.3 is 5.32 Å². The van der Waals surface area contributed by atoms with E-state index < -0.39 is 0 Å². The minimum absolute atomic E-state index is 0.0716. The van der Waals surface area contributed by atoms with E-state index in [-0.39, 0.29) is 11.9 Å². The number of hydrogen-bond donors (Lipinski definition) is 1. The number of rotatable bonds is 4. The minimum atomic E-state index is -0.214. The summed E-state index contributed by atoms with van der Waals surface area (Å²) in [7, 11) is 0. The summed E-state index contributed by atoms with van der Waals surface area (Å²) in [5.41, 5.74) is 3.75. The van der Waals surface area contributed by atoms with E-state index in [0.29, 0.717) is 5.56 Å². The van der Waals surface area contributed by atoms with E-state index in [1.165, 1.54) is 0 Å². The third-order valence-corrected chi connectivity index (χ3v) is 4.74. The average molecular weight is 380 g/mol. The fraction of sp³-hybridized carbons (Fsp3) is 0.0952. The topological polar surface area (TPSA) is 29.1 Å². The molecule has 0 aromatic heterocycles. The molecule has 3 aromatic carbocycles. The summed E-state index contributed by atoms with van der Waals surface area (Å²) in [5, 5.41) is 3.18. The highest BCUT2D eigenvalue weighted by Crippen LogP contribution is 2.29. The van der Waals surface area contributed by atoms with Crippen molar-refractivity contribution in [2.75, 3.05) is 0 Å². The van der Waals surface area contributed by atoms with Crippen molar-refractivity contribution in [2.45, 2.75) is 13.0 Å². The molecule has 1 atom stereocenters. The second-order valence-electron chi connectivity index (χ2n) is 5.65. The molecule has 1 amide bonds. The molecule has 1 N–H and O–H groups in total. The van der Waals surface area contributed by atoms with Crippen LogP contribution in [0.4, 0.5) is 0 Å². The Hall–Kier alpha value is -2.39. The molecule has 24 heavy (non-hydrogen) atoms. The number of aryl methyl sites for hydroxylation is 1. The van der Waals surface area contributed by atoms with Crippen LogP contribution in [0.2, 0.25) is 0 Å². The first-order valence-corrected chi connectivity index (χ1v) is 8.62. The molecular weight excluding hydrogens is 362 g/mol. The molecule has 0 aliphatic rings. The number of carbonyl (C=O) groups excluding carboxylic acids is 1. The SMILES string of the molecule is Cc1ccccc1C(=O)N[C@H](c1ccccc1)c1ccccc1Br. The minimum Gasteiger partial charge on any atom is -0.341 e. The van der Waals surface area contributed by atoms with Gasteiger partial charge in [0.2, 0.25) is 0 Å². The standard InChI is InChI=1S/C21H18BrNO/c1-15-9-5-6-12-17(15)21(24)23-20(16-10-3-2-4-11-16)18-13-7-8-14-19(18)22/h2-14,20H,1H3,(H,23,24)/t20-/m1/s1. The van der Waals surface area contributed by atoms with Crippen LogP contribution in [0.5, 0.6) is 0 Å². The highest BCUT2D eigenvalue weighted by molar-refractivity contribution is 9.10. The Morgan fingerprint density at radius 1 is 0.875 bits per heavy atom. The van der Waals surface area contributed by atoms with Crippen LogP contribution in [-0.2, 0) is 0 Å². The van der Waals surface area contributed by atoms with Crippen molar-refractivity contribution < 1.29 is 4.79 Å². The van der Waals surface area contributed by atoms with Gasteiger partial charge in [-0.3, -0.25) is 4.79 Å². The van der Waals surface area contributed by atoms with E-state index in [1.807, 2.05) is 85.8 Å². The normalized spacial score (nSPS) is 11.8. The zero-order valence-electron chi connectivity index (χ0n) is 13.4. The molecule has 0 spiro atoms. The molecule has 0 saturated heterocycles. The van der Waals surface area contributed by atoms with E-state index in [0.717, 1.165) is 21.2 Å². The van der Waals surface area contributed by atoms with E-state index in [4.69, 9.17) is 0 Å². The Kier molecular flexibility index (Phi) is 5.11. The molecule has 0 radical (unpaired) electrons. The Morgan fingerprint density at radius 3 is 2.21 bits per heavy atom. The number of hydrogen-bond acceptors (Lipinski definition) is 1. The molecular formula is C21H18BrNO. The second-order valence-corrected chi connectivity index (χ2v) is 6.51. The summed E-state index contributed by atoms with van der Waals surface area (Å²) in [4.78, 5) is 12.8. The Bertz CT molecular complexity index is 845. The molecule has 0 aliphatic carbocycles. The van der Waals surface area contributed by atoms with Crippen LogP contribution >= 0.6 is 15.9 Å². The highest BCUT2D eigenvalue weighted by atomic mass is 79.9. The molecule has 0 heterocycles. The van der Waals surface area contributed by atoms with E-state index in [9.17, 15) is 4.79 Å². The summed E-state index contributed by atoms with van der Waals surface area (Å²) in [5.74, 6) is -0.0716. The first-order valence-electron chi connectivity index (χ1n) is 7.82. The molecule has 120 valence electrons. The van der Waals surface area contributed by atoms with Crippen LogP contribution in [-0.4, -0.2) is 5.91 Å². The molecule has 0 unspecified atom stereocenters. The first-order chi connectivity index (χ1) is 11.7. The van der Waals surface area contributed by atoms with E-state index in [2.05, 4.69) is 21.2 Å². The van der Waals surface area contributed by atoms with Crippen molar-refractivity contribution in [3.63, 3.8) is 0 Å². The predicted molar refractivity (Wildman–Crippen MR) is 101 cm³/mol. The van der Waals surface area contributed by atoms with Crippen LogP contribution in [0.1, 0.15) is 33.1 Å². The summed E-state index contributed by atoms with van der Waals surface area (Å²) in [6.07, 6.45) is 0. The van der Waals surface area contributed by atoms with Crippen molar-refractivity contribution in [3.8, 4) is 0 Å². The number of nitrogens with one attached hydrogen (secondary N) is 1. The van der Waals surface area contributed by atoms with Crippen LogP contribution in [0, 0.1) is 6.92 Å². The fourth-order valence-electron chi connectivity index (χ4n) is 2.73. The molecule has 0 saturated carbocycles. The van der Waals surface area contributed by atoms with Crippen molar-refractivity contribution >= 4 is 21.8 Å². The molecule has 3 rings (SSSR count). The predicted octanol–water partition coefficient (Wildman–Crippen LogP) is 5.28. The maximum atomic E-state index is 12.8. The van der Waals surface area contributed by atoms with Gasteiger partial charge in [-0.15, -0.1) is 0 Å². The zero-order chi connectivity index (χ0) is 16.9. The lowest BCUT2D eigenvalue weighted by atomic mass is 9.98. The third kappa shape index (κ3) is 3.57. The van der Waals surface area contributed by atoms with Gasteiger partial charge in [-0.2, -0.15) is 0 Å². The summed E-state index contributed by atoms with van der Waals surface area (Å²) in [6, 6.07) is 25.4. The van der Waals surface area contributed by atoms with Crippen LogP contribution in [0.3, 0.4) is 0 Å². The van der Waals surface area contributed by atoms with Gasteiger partial charge in [-0.05, 0) is 35.7 Å². The molecule has 3 aromatic rings. The third-order valence-electron chi connectivity index (χ3n) is 4.01. The lowest BCUT2D eigenvalue weighted by molar-refractivity contribution is 0.0942. The number of carbonyl (C=O) groups is 1. The lowest BCUT2D eigenvalue weighted by Gasteiger charge is -2.21. The number of halogens is 1. The molecule has 3 heteroatoms. The lowest BCUT2D eigenvalue weighted by Crippen LogP contribution is -2.30. The maximum Gasteiger partial charge on any atom is 0.252 e.